The van der Waals surface area contributed by atoms with Gasteiger partial charge in [-0.15, -0.1) is 0 Å². The number of rotatable bonds is 7. The lowest BCUT2D eigenvalue weighted by Crippen LogP contribution is -2.35. The van der Waals surface area contributed by atoms with Gasteiger partial charge in [-0.2, -0.15) is 0 Å². The van der Waals surface area contributed by atoms with Crippen LogP contribution in [0.3, 0.4) is 0 Å². The number of carbonyl (C=O) groups excluding carboxylic acids is 1. The number of hydrogen-bond donors (Lipinski definition) is 1. The number of phenols is 1. The number of allylic oxidation sites excluding steroid dienone is 1. The van der Waals surface area contributed by atoms with E-state index < -0.39 is 0 Å². The predicted molar refractivity (Wildman–Crippen MR) is 112 cm³/mol. The number of carbonyl (C=O) groups is 1. The molecule has 0 atom stereocenters. The topological polar surface area (TPSA) is 68.2 Å². The van der Waals surface area contributed by atoms with Crippen LogP contribution in [-0.2, 0) is 11.3 Å². The third-order valence-corrected chi connectivity index (χ3v) is 5.16. The average molecular weight is 418 g/mol. The number of hydrogen-bond acceptors (Lipinski definition) is 6. The number of methoxy groups -OCH3 is 2. The third kappa shape index (κ3) is 4.90. The molecule has 154 valence electrons. The van der Waals surface area contributed by atoms with Crippen molar-refractivity contribution in [3.63, 3.8) is 0 Å². The molecule has 0 amide bonds. The van der Waals surface area contributed by atoms with Crippen molar-refractivity contribution in [1.82, 2.24) is 4.90 Å². The van der Waals surface area contributed by atoms with Gasteiger partial charge in [0.15, 0.2) is 5.78 Å². The van der Waals surface area contributed by atoms with Gasteiger partial charge in [-0.1, -0.05) is 29.8 Å². The first kappa shape index (κ1) is 21.2. The fraction of sp³-hybridized carbons (Fsp3) is 0.318. The maximum atomic E-state index is 12.9. The summed E-state index contributed by atoms with van der Waals surface area (Å²) in [6, 6.07) is 8.84. The van der Waals surface area contributed by atoms with Crippen molar-refractivity contribution in [3.8, 4) is 17.2 Å². The summed E-state index contributed by atoms with van der Waals surface area (Å²) in [4.78, 5) is 15.1. The molecular formula is C22H24ClNO5. The van der Waals surface area contributed by atoms with Crippen LogP contribution in [-0.4, -0.2) is 56.3 Å². The van der Waals surface area contributed by atoms with Gasteiger partial charge in [0, 0.05) is 30.7 Å². The molecule has 1 aliphatic heterocycles. The second-order valence-electron chi connectivity index (χ2n) is 6.59. The molecule has 0 unspecified atom stereocenters. The largest absolute Gasteiger partial charge is 0.507 e. The smallest absolute Gasteiger partial charge is 0.193 e. The van der Waals surface area contributed by atoms with E-state index in [1.54, 1.807) is 24.3 Å². The average Bonchev–Trinajstić information content (AvgIpc) is 2.74. The van der Waals surface area contributed by atoms with Crippen molar-refractivity contribution in [1.29, 1.82) is 0 Å². The number of morpholine rings is 1. The summed E-state index contributed by atoms with van der Waals surface area (Å²) in [6.07, 6.45) is 3.00. The zero-order valence-electron chi connectivity index (χ0n) is 16.5. The zero-order chi connectivity index (χ0) is 20.8. The Hall–Kier alpha value is -2.54. The predicted octanol–water partition coefficient (Wildman–Crippen LogP) is 3.79. The number of aromatic hydroxyl groups is 1. The van der Waals surface area contributed by atoms with Gasteiger partial charge in [-0.25, -0.2) is 0 Å². The van der Waals surface area contributed by atoms with Gasteiger partial charge in [-0.05, 0) is 23.8 Å². The Morgan fingerprint density at radius 3 is 2.55 bits per heavy atom. The maximum absolute atomic E-state index is 12.9. The molecular weight excluding hydrogens is 394 g/mol. The Morgan fingerprint density at radius 2 is 1.90 bits per heavy atom. The molecule has 1 N–H and O–H groups in total. The van der Waals surface area contributed by atoms with Gasteiger partial charge in [0.05, 0.1) is 33.0 Å². The summed E-state index contributed by atoms with van der Waals surface area (Å²) in [5.74, 6) is 0.197. The molecule has 29 heavy (non-hydrogen) atoms. The highest BCUT2D eigenvalue weighted by molar-refractivity contribution is 6.32. The summed E-state index contributed by atoms with van der Waals surface area (Å²) >= 11 is 6.15. The number of halogens is 1. The molecule has 2 aromatic rings. The second kappa shape index (κ2) is 9.78. The maximum Gasteiger partial charge on any atom is 0.193 e. The monoisotopic (exact) mass is 417 g/mol. The van der Waals surface area contributed by atoms with Crippen LogP contribution in [0.1, 0.15) is 21.5 Å². The Bertz CT molecular complexity index is 906. The first-order valence-corrected chi connectivity index (χ1v) is 9.66. The molecule has 1 fully saturated rings. The fourth-order valence-electron chi connectivity index (χ4n) is 3.24. The second-order valence-corrected chi connectivity index (χ2v) is 7.00. The van der Waals surface area contributed by atoms with E-state index in [9.17, 15) is 9.90 Å². The van der Waals surface area contributed by atoms with Crippen molar-refractivity contribution < 1.29 is 24.1 Å². The van der Waals surface area contributed by atoms with Crippen LogP contribution in [0, 0.1) is 0 Å². The van der Waals surface area contributed by atoms with E-state index in [-0.39, 0.29) is 22.8 Å². The molecule has 0 aromatic heterocycles. The van der Waals surface area contributed by atoms with Gasteiger partial charge in [0.25, 0.3) is 0 Å². The van der Waals surface area contributed by atoms with Gasteiger partial charge in [0.2, 0.25) is 0 Å². The van der Waals surface area contributed by atoms with E-state index in [2.05, 4.69) is 4.90 Å². The first-order chi connectivity index (χ1) is 14.0. The van der Waals surface area contributed by atoms with Crippen LogP contribution in [0.25, 0.3) is 6.08 Å². The van der Waals surface area contributed by atoms with Gasteiger partial charge in [-0.3, -0.25) is 9.69 Å². The summed E-state index contributed by atoms with van der Waals surface area (Å²) in [5, 5.41) is 11.5. The van der Waals surface area contributed by atoms with E-state index in [4.69, 9.17) is 25.8 Å². The fourth-order valence-corrected chi connectivity index (χ4v) is 3.44. The standard InChI is InChI=1S/C22H24ClNO5/c1-27-19-13-20(28-2)21(18(25)8-7-15-5-3-4-6-17(15)23)22(26)16(19)14-24-9-11-29-12-10-24/h3-8,13,26H,9-12,14H2,1-2H3/b8-7+. The molecule has 1 saturated heterocycles. The van der Waals surface area contributed by atoms with Crippen molar-refractivity contribution in [2.24, 2.45) is 0 Å². The Labute approximate surface area is 175 Å². The molecule has 6 nitrogen and oxygen atoms in total. The van der Waals surface area contributed by atoms with E-state index in [0.717, 1.165) is 13.1 Å². The molecule has 1 aliphatic rings. The molecule has 0 radical (unpaired) electrons. The zero-order valence-corrected chi connectivity index (χ0v) is 17.2. The van der Waals surface area contributed by atoms with Gasteiger partial charge in [0.1, 0.15) is 22.8 Å². The van der Waals surface area contributed by atoms with Crippen LogP contribution in [0.4, 0.5) is 0 Å². The quantitative estimate of drug-likeness (QED) is 0.546. The summed E-state index contributed by atoms with van der Waals surface area (Å²) < 4.78 is 16.2. The number of benzene rings is 2. The minimum atomic E-state index is -0.384. The lowest BCUT2D eigenvalue weighted by Gasteiger charge is -2.28. The van der Waals surface area contributed by atoms with Crippen molar-refractivity contribution in [3.05, 3.63) is 58.1 Å². The highest BCUT2D eigenvalue weighted by Gasteiger charge is 2.25. The molecule has 0 spiro atoms. The third-order valence-electron chi connectivity index (χ3n) is 4.82. The van der Waals surface area contributed by atoms with Crippen molar-refractivity contribution >= 4 is 23.5 Å². The molecule has 2 aromatic carbocycles. The molecule has 0 saturated carbocycles. The molecule has 0 aliphatic carbocycles. The molecule has 0 bridgehead atoms. The minimum Gasteiger partial charge on any atom is -0.507 e. The van der Waals surface area contributed by atoms with Crippen LogP contribution in [0.5, 0.6) is 17.2 Å². The van der Waals surface area contributed by atoms with Crippen molar-refractivity contribution in [2.75, 3.05) is 40.5 Å². The Morgan fingerprint density at radius 1 is 1.21 bits per heavy atom. The van der Waals surface area contributed by atoms with Crippen LogP contribution < -0.4 is 9.47 Å². The van der Waals surface area contributed by atoms with Gasteiger partial charge < -0.3 is 19.3 Å². The Balaban J connectivity index is 1.96. The SMILES string of the molecule is COc1cc(OC)c(C(=O)/C=C/c2ccccc2Cl)c(O)c1CN1CCOCC1. The number of nitrogens with zero attached hydrogens (tertiary/aromatic N) is 1. The van der Waals surface area contributed by atoms with Crippen LogP contribution in [0.15, 0.2) is 36.4 Å². The lowest BCUT2D eigenvalue weighted by molar-refractivity contribution is 0.0335. The van der Waals surface area contributed by atoms with E-state index in [1.807, 2.05) is 12.1 Å². The normalized spacial score (nSPS) is 14.9. The number of ether oxygens (including phenoxy) is 3. The highest BCUT2D eigenvalue weighted by atomic mass is 35.5. The number of ketones is 1. The van der Waals surface area contributed by atoms with E-state index >= 15 is 0 Å². The van der Waals surface area contributed by atoms with E-state index in [0.29, 0.717) is 41.7 Å². The number of phenolic OH excluding ortho intramolecular Hbond substituents is 1. The van der Waals surface area contributed by atoms with Gasteiger partial charge >= 0.3 is 0 Å². The molecule has 7 heteroatoms. The highest BCUT2D eigenvalue weighted by Crippen LogP contribution is 2.40. The van der Waals surface area contributed by atoms with Crippen LogP contribution >= 0.6 is 11.6 Å². The minimum absolute atomic E-state index is 0.0971. The van der Waals surface area contributed by atoms with Crippen LogP contribution in [0.2, 0.25) is 5.02 Å². The molecule has 1 heterocycles. The Kier molecular flexibility index (Phi) is 7.14. The lowest BCUT2D eigenvalue weighted by atomic mass is 10.0. The summed E-state index contributed by atoms with van der Waals surface area (Å²) in [7, 11) is 2.97. The summed E-state index contributed by atoms with van der Waals surface area (Å²) in [5.41, 5.74) is 1.35. The summed E-state index contributed by atoms with van der Waals surface area (Å²) in [6.45, 7) is 3.18. The first-order valence-electron chi connectivity index (χ1n) is 9.29. The molecule has 3 rings (SSSR count). The van der Waals surface area contributed by atoms with E-state index in [1.165, 1.54) is 20.3 Å². The van der Waals surface area contributed by atoms with Crippen molar-refractivity contribution in [2.45, 2.75) is 6.54 Å².